The van der Waals surface area contributed by atoms with Crippen molar-refractivity contribution >= 4 is 5.91 Å². The molecule has 7 heteroatoms. The number of amides is 1. The lowest BCUT2D eigenvalue weighted by Crippen LogP contribution is -2.32. The zero-order chi connectivity index (χ0) is 17.1. The predicted octanol–water partition coefficient (Wildman–Crippen LogP) is 1.31. The Hall–Kier alpha value is -2.70. The summed E-state index contributed by atoms with van der Waals surface area (Å²) in [5.41, 5.74) is 2.01. The van der Waals surface area contributed by atoms with Crippen LogP contribution in [0.2, 0.25) is 0 Å². The fourth-order valence-electron chi connectivity index (χ4n) is 2.78. The molecule has 0 atom stereocenters. The minimum absolute atomic E-state index is 0.0837. The smallest absolute Gasteiger partial charge is 0.267 e. The van der Waals surface area contributed by atoms with Crippen molar-refractivity contribution in [2.24, 2.45) is 0 Å². The van der Waals surface area contributed by atoms with Crippen molar-refractivity contribution in [3.8, 4) is 5.75 Å². The predicted molar refractivity (Wildman–Crippen MR) is 85.8 cm³/mol. The average molecular weight is 331 g/mol. The Morgan fingerprint density at radius 1 is 1.38 bits per heavy atom. The van der Waals surface area contributed by atoms with Gasteiger partial charge in [-0.05, 0) is 43.0 Å². The van der Waals surface area contributed by atoms with Gasteiger partial charge in [-0.1, -0.05) is 0 Å². The second kappa shape index (κ2) is 6.82. The largest absolute Gasteiger partial charge is 0.494 e. The summed E-state index contributed by atoms with van der Waals surface area (Å²) in [6, 6.07) is 5.62. The Morgan fingerprint density at radius 2 is 2.21 bits per heavy atom. The summed E-state index contributed by atoms with van der Waals surface area (Å²) in [6.45, 7) is 0.509. The van der Waals surface area contributed by atoms with Crippen LogP contribution in [0.3, 0.4) is 0 Å². The molecule has 126 valence electrons. The van der Waals surface area contributed by atoms with Crippen LogP contribution in [0.1, 0.15) is 28.0 Å². The molecule has 1 N–H and O–H groups in total. The molecule has 0 unspecified atom stereocenters. The van der Waals surface area contributed by atoms with Gasteiger partial charge in [0.05, 0.1) is 19.3 Å². The van der Waals surface area contributed by atoms with E-state index in [0.717, 1.165) is 36.6 Å². The number of halogens is 1. The van der Waals surface area contributed by atoms with Crippen LogP contribution in [0.25, 0.3) is 0 Å². The number of ether oxygens (including phenoxy) is 1. The summed E-state index contributed by atoms with van der Waals surface area (Å²) in [7, 11) is 1.36. The molecule has 1 heterocycles. The zero-order valence-corrected chi connectivity index (χ0v) is 13.3. The third-order valence-corrected chi connectivity index (χ3v) is 4.05. The monoisotopic (exact) mass is 331 g/mol. The van der Waals surface area contributed by atoms with Gasteiger partial charge < -0.3 is 10.1 Å². The van der Waals surface area contributed by atoms with Gasteiger partial charge in [-0.15, -0.1) is 0 Å². The van der Waals surface area contributed by atoms with Gasteiger partial charge in [-0.25, -0.2) is 9.07 Å². The summed E-state index contributed by atoms with van der Waals surface area (Å²) in [6.07, 6.45) is 2.80. The number of carbonyl (C=O) groups excluding carboxylic acids is 1. The Morgan fingerprint density at radius 3 is 2.96 bits per heavy atom. The molecular formula is C17H18FN3O3. The average Bonchev–Trinajstić information content (AvgIpc) is 3.01. The van der Waals surface area contributed by atoms with Crippen molar-refractivity contribution in [1.29, 1.82) is 0 Å². The number of aryl methyl sites for hydroxylation is 2. The third kappa shape index (κ3) is 3.29. The summed E-state index contributed by atoms with van der Waals surface area (Å²) in [5, 5.41) is 7.00. The molecule has 3 rings (SSSR count). The first kappa shape index (κ1) is 16.2. The first-order valence-corrected chi connectivity index (χ1v) is 7.80. The van der Waals surface area contributed by atoms with Crippen LogP contribution in [0.15, 0.2) is 29.1 Å². The van der Waals surface area contributed by atoms with Crippen LogP contribution in [0, 0.1) is 5.82 Å². The van der Waals surface area contributed by atoms with E-state index >= 15 is 0 Å². The number of hydrogen-bond donors (Lipinski definition) is 1. The number of carbonyl (C=O) groups is 1. The van der Waals surface area contributed by atoms with Crippen molar-refractivity contribution in [3.05, 3.63) is 57.3 Å². The van der Waals surface area contributed by atoms with Crippen LogP contribution in [-0.2, 0) is 19.4 Å². The highest BCUT2D eigenvalue weighted by Crippen LogP contribution is 2.18. The number of rotatable bonds is 5. The van der Waals surface area contributed by atoms with E-state index in [2.05, 4.69) is 10.4 Å². The number of aromatic nitrogens is 2. The van der Waals surface area contributed by atoms with Gasteiger partial charge in [0.15, 0.2) is 11.6 Å². The number of nitrogens with zero attached hydrogens (tertiary/aromatic N) is 2. The normalized spacial score (nSPS) is 12.8. The summed E-state index contributed by atoms with van der Waals surface area (Å²) in [4.78, 5) is 24.0. The van der Waals surface area contributed by atoms with Gasteiger partial charge in [0.2, 0.25) is 0 Å². The molecule has 2 aromatic rings. The Kier molecular flexibility index (Phi) is 4.59. The Bertz CT molecular complexity index is 832. The van der Waals surface area contributed by atoms with Crippen molar-refractivity contribution < 1.29 is 13.9 Å². The zero-order valence-electron chi connectivity index (χ0n) is 13.3. The Labute approximate surface area is 138 Å². The van der Waals surface area contributed by atoms with Gasteiger partial charge in [0, 0.05) is 18.2 Å². The highest BCUT2D eigenvalue weighted by atomic mass is 19.1. The molecule has 1 aromatic heterocycles. The fourth-order valence-corrected chi connectivity index (χ4v) is 2.78. The van der Waals surface area contributed by atoms with E-state index in [4.69, 9.17) is 4.74 Å². The van der Waals surface area contributed by atoms with Crippen LogP contribution >= 0.6 is 0 Å². The molecule has 1 aliphatic rings. The molecule has 0 bridgehead atoms. The van der Waals surface area contributed by atoms with E-state index in [9.17, 15) is 14.0 Å². The third-order valence-electron chi connectivity index (χ3n) is 4.05. The molecule has 0 aliphatic heterocycles. The van der Waals surface area contributed by atoms with Crippen molar-refractivity contribution in [3.63, 3.8) is 0 Å². The van der Waals surface area contributed by atoms with Crippen molar-refractivity contribution in [2.45, 2.75) is 25.8 Å². The first-order valence-electron chi connectivity index (χ1n) is 7.80. The number of benzene rings is 1. The van der Waals surface area contributed by atoms with Gasteiger partial charge in [-0.3, -0.25) is 9.59 Å². The highest BCUT2D eigenvalue weighted by molar-refractivity contribution is 5.94. The van der Waals surface area contributed by atoms with E-state index in [-0.39, 0.29) is 30.0 Å². The lowest BCUT2D eigenvalue weighted by atomic mass is 10.2. The molecule has 0 saturated heterocycles. The number of hydrogen-bond acceptors (Lipinski definition) is 4. The molecule has 1 aromatic carbocycles. The van der Waals surface area contributed by atoms with E-state index in [1.165, 1.54) is 23.9 Å². The molecule has 0 spiro atoms. The molecular weight excluding hydrogens is 313 g/mol. The first-order chi connectivity index (χ1) is 11.6. The van der Waals surface area contributed by atoms with Gasteiger partial charge in [0.1, 0.15) is 0 Å². The molecule has 6 nitrogen and oxygen atoms in total. The minimum Gasteiger partial charge on any atom is -0.494 e. The second-order valence-electron chi connectivity index (χ2n) is 5.64. The molecule has 0 saturated carbocycles. The quantitative estimate of drug-likeness (QED) is 0.896. The fraction of sp³-hybridized carbons (Fsp3) is 0.353. The lowest BCUT2D eigenvalue weighted by Gasteiger charge is -2.09. The molecule has 1 aliphatic carbocycles. The topological polar surface area (TPSA) is 73.2 Å². The number of fused-ring (bicyclic) bond motifs is 1. The summed E-state index contributed by atoms with van der Waals surface area (Å²) in [5.74, 6) is -0.923. The number of nitrogens with one attached hydrogen (secondary N) is 1. The standard InChI is InChI=1S/C17H18FN3O3/c1-24-15-6-5-12(9-13(15)18)17(23)19-7-8-21-16(22)10-11-3-2-4-14(11)20-21/h5-6,9-10H,2-4,7-8H2,1H3,(H,19,23). The summed E-state index contributed by atoms with van der Waals surface area (Å²) < 4.78 is 19.8. The molecule has 24 heavy (non-hydrogen) atoms. The van der Waals surface area contributed by atoms with Crippen LogP contribution in [0.4, 0.5) is 4.39 Å². The lowest BCUT2D eigenvalue weighted by molar-refractivity contribution is 0.0951. The van der Waals surface area contributed by atoms with Gasteiger partial charge >= 0.3 is 0 Å². The van der Waals surface area contributed by atoms with Gasteiger partial charge in [0.25, 0.3) is 11.5 Å². The minimum atomic E-state index is -0.596. The number of methoxy groups -OCH3 is 1. The second-order valence-corrected chi connectivity index (χ2v) is 5.64. The Balaban J connectivity index is 1.61. The molecule has 0 radical (unpaired) electrons. The molecule has 0 fully saturated rings. The van der Waals surface area contributed by atoms with E-state index < -0.39 is 11.7 Å². The molecule has 1 amide bonds. The maximum absolute atomic E-state index is 13.6. The SMILES string of the molecule is COc1ccc(C(=O)NCCn2nc3c(cc2=O)CCC3)cc1F. The van der Waals surface area contributed by atoms with E-state index in [1.807, 2.05) is 0 Å². The maximum atomic E-state index is 13.6. The summed E-state index contributed by atoms with van der Waals surface area (Å²) >= 11 is 0. The van der Waals surface area contributed by atoms with Crippen LogP contribution in [-0.4, -0.2) is 29.3 Å². The van der Waals surface area contributed by atoms with E-state index in [0.29, 0.717) is 0 Å². The van der Waals surface area contributed by atoms with Crippen molar-refractivity contribution in [1.82, 2.24) is 15.1 Å². The van der Waals surface area contributed by atoms with Crippen LogP contribution < -0.4 is 15.6 Å². The van der Waals surface area contributed by atoms with E-state index in [1.54, 1.807) is 6.07 Å². The highest BCUT2D eigenvalue weighted by Gasteiger charge is 2.15. The maximum Gasteiger partial charge on any atom is 0.267 e. The van der Waals surface area contributed by atoms with Crippen LogP contribution in [0.5, 0.6) is 5.75 Å². The van der Waals surface area contributed by atoms with Crippen molar-refractivity contribution in [2.75, 3.05) is 13.7 Å². The van der Waals surface area contributed by atoms with Gasteiger partial charge in [-0.2, -0.15) is 5.10 Å².